The van der Waals surface area contributed by atoms with Crippen LogP contribution in [0.1, 0.15) is 63.2 Å². The van der Waals surface area contributed by atoms with Crippen LogP contribution in [0.3, 0.4) is 0 Å². The summed E-state index contributed by atoms with van der Waals surface area (Å²) in [7, 11) is -1.91. The largest absolute Gasteiger partial charge is 0.413 e. The number of aromatic nitrogens is 3. The number of nitrogens with one attached hydrogen (secondary N) is 1. The standard InChI is InChI=1S/C27H38N4O2Si/c1-27(2,3)34(4,5)33-24-15-20(14-19(24)16-32)31-13-12-22-25(28-17-29-26(22)31)30-23-11-10-18-8-6-7-9-21(18)23/h6-9,12-13,17,19-20,23-24,32H,10-11,14-16H2,1-5H3,(H,28,29,30)/t19-,20+,23-,24+/m0/s1. The van der Waals surface area contributed by atoms with Crippen LogP contribution in [-0.4, -0.2) is 40.7 Å². The summed E-state index contributed by atoms with van der Waals surface area (Å²) in [6, 6.07) is 11.4. The van der Waals surface area contributed by atoms with Crippen molar-refractivity contribution >= 4 is 25.2 Å². The van der Waals surface area contributed by atoms with Crippen LogP contribution in [0.5, 0.6) is 0 Å². The van der Waals surface area contributed by atoms with Gasteiger partial charge in [-0.3, -0.25) is 0 Å². The Bertz CT molecular complexity index is 1170. The molecule has 1 aromatic carbocycles. The van der Waals surface area contributed by atoms with Gasteiger partial charge in [-0.1, -0.05) is 45.0 Å². The molecule has 182 valence electrons. The second-order valence-electron chi connectivity index (χ2n) is 11.6. The van der Waals surface area contributed by atoms with Gasteiger partial charge in [-0.15, -0.1) is 0 Å². The number of nitrogens with zero attached hydrogens (tertiary/aromatic N) is 3. The normalized spacial score (nSPS) is 25.1. The van der Waals surface area contributed by atoms with Gasteiger partial charge in [0.1, 0.15) is 17.8 Å². The summed E-state index contributed by atoms with van der Waals surface area (Å²) < 4.78 is 9.05. The molecule has 0 unspecified atom stereocenters. The number of aliphatic hydroxyl groups excluding tert-OH is 1. The van der Waals surface area contributed by atoms with Gasteiger partial charge >= 0.3 is 0 Å². The SMILES string of the molecule is CC(C)(C)[Si](C)(C)O[C@@H]1C[C@H](n2ccc3c(N[C@H]4CCc5ccccc54)ncnc32)C[C@H]1CO. The van der Waals surface area contributed by atoms with Crippen LogP contribution >= 0.6 is 0 Å². The average Bonchev–Trinajstić information content (AvgIpc) is 3.50. The molecule has 3 aromatic rings. The summed E-state index contributed by atoms with van der Waals surface area (Å²) in [6.07, 6.45) is 7.89. The number of benzene rings is 1. The molecule has 1 fully saturated rings. The zero-order valence-corrected chi connectivity index (χ0v) is 22.1. The van der Waals surface area contributed by atoms with E-state index in [0.717, 1.165) is 42.5 Å². The number of rotatable bonds is 6. The highest BCUT2D eigenvalue weighted by Gasteiger charge is 2.44. The van der Waals surface area contributed by atoms with Crippen LogP contribution < -0.4 is 5.32 Å². The van der Waals surface area contributed by atoms with Gasteiger partial charge in [-0.25, -0.2) is 9.97 Å². The van der Waals surface area contributed by atoms with Gasteiger partial charge < -0.3 is 19.4 Å². The van der Waals surface area contributed by atoms with Gasteiger partial charge in [-0.05, 0) is 61.0 Å². The minimum Gasteiger partial charge on any atom is -0.413 e. The molecule has 4 atom stereocenters. The molecular formula is C27H38N4O2Si. The van der Waals surface area contributed by atoms with Crippen LogP contribution in [0, 0.1) is 5.92 Å². The van der Waals surface area contributed by atoms with Crippen LogP contribution in [0.25, 0.3) is 11.0 Å². The number of aryl methyl sites for hydroxylation is 1. The number of hydrogen-bond donors (Lipinski definition) is 2. The molecule has 2 aliphatic carbocycles. The van der Waals surface area contributed by atoms with Crippen molar-refractivity contribution in [3.05, 3.63) is 54.0 Å². The number of aliphatic hydroxyl groups is 1. The van der Waals surface area contributed by atoms with Crippen molar-refractivity contribution in [1.82, 2.24) is 14.5 Å². The molecule has 6 nitrogen and oxygen atoms in total. The van der Waals surface area contributed by atoms with E-state index in [4.69, 9.17) is 4.43 Å². The first-order valence-electron chi connectivity index (χ1n) is 12.6. The molecule has 2 aromatic heterocycles. The van der Waals surface area contributed by atoms with E-state index < -0.39 is 8.32 Å². The van der Waals surface area contributed by atoms with Crippen molar-refractivity contribution in [2.45, 2.75) is 82.8 Å². The fourth-order valence-electron chi connectivity index (χ4n) is 5.43. The summed E-state index contributed by atoms with van der Waals surface area (Å²) in [5.74, 6) is 1.06. The first-order valence-corrected chi connectivity index (χ1v) is 15.5. The second-order valence-corrected chi connectivity index (χ2v) is 16.4. The molecular weight excluding hydrogens is 440 g/mol. The van der Waals surface area contributed by atoms with Gasteiger partial charge in [0, 0.05) is 24.8 Å². The van der Waals surface area contributed by atoms with Gasteiger partial charge in [-0.2, -0.15) is 0 Å². The smallest absolute Gasteiger partial charge is 0.192 e. The Labute approximate surface area is 203 Å². The lowest BCUT2D eigenvalue weighted by Gasteiger charge is -2.39. The molecule has 5 rings (SSSR count). The lowest BCUT2D eigenvalue weighted by atomic mass is 10.1. The van der Waals surface area contributed by atoms with E-state index in [1.165, 1.54) is 11.1 Å². The van der Waals surface area contributed by atoms with Crippen molar-refractivity contribution in [2.24, 2.45) is 5.92 Å². The summed E-state index contributed by atoms with van der Waals surface area (Å²) in [5.41, 5.74) is 3.76. The predicted molar refractivity (Wildman–Crippen MR) is 140 cm³/mol. The van der Waals surface area contributed by atoms with Crippen molar-refractivity contribution in [3.63, 3.8) is 0 Å². The molecule has 0 saturated heterocycles. The van der Waals surface area contributed by atoms with Crippen LogP contribution in [0.15, 0.2) is 42.9 Å². The minimum atomic E-state index is -1.91. The molecule has 2 N–H and O–H groups in total. The third-order valence-corrected chi connectivity index (χ3v) is 12.9. The third-order valence-electron chi connectivity index (χ3n) is 8.44. The predicted octanol–water partition coefficient (Wildman–Crippen LogP) is 5.86. The maximum Gasteiger partial charge on any atom is 0.192 e. The second kappa shape index (κ2) is 8.77. The summed E-state index contributed by atoms with van der Waals surface area (Å²) in [4.78, 5) is 9.28. The zero-order chi connectivity index (χ0) is 24.1. The maximum absolute atomic E-state index is 10.1. The number of fused-ring (bicyclic) bond motifs is 2. The first kappa shape index (κ1) is 23.5. The molecule has 7 heteroatoms. The Morgan fingerprint density at radius 2 is 1.94 bits per heavy atom. The highest BCUT2D eigenvalue weighted by molar-refractivity contribution is 6.74. The first-order chi connectivity index (χ1) is 16.2. The fourth-order valence-corrected chi connectivity index (χ4v) is 6.83. The molecule has 0 aliphatic heterocycles. The topological polar surface area (TPSA) is 72.2 Å². The zero-order valence-electron chi connectivity index (χ0n) is 21.1. The van der Waals surface area contributed by atoms with Gasteiger partial charge in [0.15, 0.2) is 8.32 Å². The minimum absolute atomic E-state index is 0.0859. The molecule has 0 bridgehead atoms. The molecule has 1 saturated carbocycles. The molecule has 0 amide bonds. The number of anilines is 1. The third kappa shape index (κ3) is 4.18. The van der Waals surface area contributed by atoms with E-state index in [2.05, 4.69) is 90.2 Å². The highest BCUT2D eigenvalue weighted by Crippen LogP contribution is 2.44. The van der Waals surface area contributed by atoms with E-state index in [9.17, 15) is 5.11 Å². The summed E-state index contributed by atoms with van der Waals surface area (Å²) >= 11 is 0. The van der Waals surface area contributed by atoms with Crippen LogP contribution in [0.2, 0.25) is 18.1 Å². The highest BCUT2D eigenvalue weighted by atomic mass is 28.4. The molecule has 34 heavy (non-hydrogen) atoms. The summed E-state index contributed by atoms with van der Waals surface area (Å²) in [6.45, 7) is 11.6. The van der Waals surface area contributed by atoms with Gasteiger partial charge in [0.25, 0.3) is 0 Å². The fraction of sp³-hybridized carbons (Fsp3) is 0.556. The molecule has 0 radical (unpaired) electrons. The van der Waals surface area contributed by atoms with E-state index in [0.29, 0.717) is 0 Å². The lowest BCUT2D eigenvalue weighted by molar-refractivity contribution is 0.0979. The van der Waals surface area contributed by atoms with Crippen molar-refractivity contribution in [3.8, 4) is 0 Å². The van der Waals surface area contributed by atoms with E-state index >= 15 is 0 Å². The van der Waals surface area contributed by atoms with E-state index in [1.54, 1.807) is 6.33 Å². The van der Waals surface area contributed by atoms with Gasteiger partial charge in [0.05, 0.1) is 17.5 Å². The average molecular weight is 479 g/mol. The van der Waals surface area contributed by atoms with Crippen molar-refractivity contribution in [2.75, 3.05) is 11.9 Å². The van der Waals surface area contributed by atoms with Crippen molar-refractivity contribution in [1.29, 1.82) is 0 Å². The van der Waals surface area contributed by atoms with E-state index in [-0.39, 0.29) is 35.8 Å². The van der Waals surface area contributed by atoms with Crippen molar-refractivity contribution < 1.29 is 9.53 Å². The Kier molecular flexibility index (Phi) is 6.07. The number of hydrogen-bond acceptors (Lipinski definition) is 5. The molecule has 0 spiro atoms. The van der Waals surface area contributed by atoms with E-state index in [1.807, 2.05) is 0 Å². The maximum atomic E-state index is 10.1. The Morgan fingerprint density at radius 1 is 1.15 bits per heavy atom. The summed E-state index contributed by atoms with van der Waals surface area (Å²) in [5, 5.41) is 15.0. The molecule has 2 aliphatic rings. The Morgan fingerprint density at radius 3 is 2.71 bits per heavy atom. The van der Waals surface area contributed by atoms with Gasteiger partial charge in [0.2, 0.25) is 0 Å². The Balaban J connectivity index is 1.38. The Hall–Kier alpha value is -2.22. The van der Waals surface area contributed by atoms with Crippen LogP contribution in [0.4, 0.5) is 5.82 Å². The van der Waals surface area contributed by atoms with Crippen LogP contribution in [-0.2, 0) is 10.8 Å². The monoisotopic (exact) mass is 478 g/mol. The quantitative estimate of drug-likeness (QED) is 0.434. The molecule has 2 heterocycles. The lowest BCUT2D eigenvalue weighted by Crippen LogP contribution is -2.45.